The quantitative estimate of drug-likeness (QED) is 0.687. The van der Waals surface area contributed by atoms with E-state index in [-0.39, 0.29) is 35.5 Å². The van der Waals surface area contributed by atoms with E-state index in [1.165, 1.54) is 6.07 Å². The van der Waals surface area contributed by atoms with Gasteiger partial charge in [0.05, 0.1) is 18.6 Å². The van der Waals surface area contributed by atoms with Crippen molar-refractivity contribution in [3.05, 3.63) is 54.1 Å². The van der Waals surface area contributed by atoms with Gasteiger partial charge in [-0.2, -0.15) is 0 Å². The van der Waals surface area contributed by atoms with Crippen molar-refractivity contribution in [1.82, 2.24) is 9.62 Å². The summed E-state index contributed by atoms with van der Waals surface area (Å²) in [4.78, 5) is 31.5. The number of benzene rings is 2. The minimum Gasteiger partial charge on any atom is -0.497 e. The third kappa shape index (κ3) is 4.45. The Kier molecular flexibility index (Phi) is 6.13. The van der Waals surface area contributed by atoms with Crippen LogP contribution in [-0.2, 0) is 19.6 Å². The lowest BCUT2D eigenvalue weighted by Crippen LogP contribution is -2.43. The molecule has 2 aliphatic heterocycles. The second-order valence-electron chi connectivity index (χ2n) is 7.54. The Balaban J connectivity index is 1.37. The number of hydrogen-bond donors (Lipinski definition) is 2. The Morgan fingerprint density at radius 2 is 1.94 bits per heavy atom. The van der Waals surface area contributed by atoms with Gasteiger partial charge in [0, 0.05) is 24.2 Å². The van der Waals surface area contributed by atoms with Gasteiger partial charge in [-0.05, 0) is 49.2 Å². The highest BCUT2D eigenvalue weighted by Crippen LogP contribution is 2.23. The molecule has 1 unspecified atom stereocenters. The second-order valence-corrected chi connectivity index (χ2v) is 9.20. The molecule has 0 spiro atoms. The van der Waals surface area contributed by atoms with E-state index < -0.39 is 16.1 Å². The number of carbonyl (C=O) groups is 2. The first kappa shape index (κ1) is 21.8. The van der Waals surface area contributed by atoms with Crippen LogP contribution in [0.2, 0.25) is 0 Å². The minimum absolute atomic E-state index is 0.0830. The lowest BCUT2D eigenvalue weighted by atomic mass is 10.2. The third-order valence-corrected chi connectivity index (χ3v) is 6.89. The van der Waals surface area contributed by atoms with Crippen molar-refractivity contribution in [2.24, 2.45) is 4.99 Å². The average molecular weight is 457 g/mol. The molecule has 32 heavy (non-hydrogen) atoms. The number of amidine groups is 1. The lowest BCUT2D eigenvalue weighted by molar-refractivity contribution is -0.136. The maximum absolute atomic E-state index is 12.8. The van der Waals surface area contributed by atoms with E-state index in [2.05, 4.69) is 15.0 Å². The van der Waals surface area contributed by atoms with Crippen LogP contribution in [0.3, 0.4) is 0 Å². The van der Waals surface area contributed by atoms with Crippen LogP contribution in [0.15, 0.2) is 58.4 Å². The molecular formula is C22H24N4O5S. The molecule has 0 saturated carbocycles. The van der Waals surface area contributed by atoms with Gasteiger partial charge >= 0.3 is 0 Å². The molecule has 9 nitrogen and oxygen atoms in total. The predicted molar refractivity (Wildman–Crippen MR) is 119 cm³/mol. The molecule has 0 bridgehead atoms. The lowest BCUT2D eigenvalue weighted by Gasteiger charge is -2.24. The van der Waals surface area contributed by atoms with Gasteiger partial charge in [0.15, 0.2) is 0 Å². The van der Waals surface area contributed by atoms with Crippen LogP contribution < -0.4 is 14.8 Å². The van der Waals surface area contributed by atoms with Crippen molar-refractivity contribution in [3.63, 3.8) is 0 Å². The van der Waals surface area contributed by atoms with E-state index in [4.69, 9.17) is 4.74 Å². The molecule has 4 rings (SSSR count). The summed E-state index contributed by atoms with van der Waals surface area (Å²) in [7, 11) is -2.04. The zero-order chi connectivity index (χ0) is 22.7. The van der Waals surface area contributed by atoms with Gasteiger partial charge in [0.2, 0.25) is 11.8 Å². The van der Waals surface area contributed by atoms with Crippen molar-refractivity contribution in [2.75, 3.05) is 25.5 Å². The zero-order valence-corrected chi connectivity index (χ0v) is 18.4. The van der Waals surface area contributed by atoms with Crippen molar-refractivity contribution < 1.29 is 22.7 Å². The number of anilines is 1. The van der Waals surface area contributed by atoms with Gasteiger partial charge in [-0.15, -0.1) is 0 Å². The highest BCUT2D eigenvalue weighted by atomic mass is 32.2. The number of carbonyl (C=O) groups excluding carboxylic acids is 2. The topological polar surface area (TPSA) is 117 Å². The van der Waals surface area contributed by atoms with E-state index in [0.29, 0.717) is 30.0 Å². The maximum Gasteiger partial charge on any atom is 0.263 e. The molecule has 2 aromatic rings. The van der Waals surface area contributed by atoms with Gasteiger partial charge in [0.25, 0.3) is 10.0 Å². The van der Waals surface area contributed by atoms with Gasteiger partial charge in [0.1, 0.15) is 17.6 Å². The number of ether oxygens (including phenoxy) is 1. The summed E-state index contributed by atoms with van der Waals surface area (Å²) in [6.45, 7) is 0.625. The normalized spacial score (nSPS) is 20.0. The highest BCUT2D eigenvalue weighted by Gasteiger charge is 2.34. The summed E-state index contributed by atoms with van der Waals surface area (Å²) in [5, 5.41) is 2.85. The Hall–Kier alpha value is -3.40. The molecule has 0 aliphatic carbocycles. The molecular weight excluding hydrogens is 432 g/mol. The molecule has 2 aromatic carbocycles. The van der Waals surface area contributed by atoms with Crippen LogP contribution in [0.5, 0.6) is 5.75 Å². The molecule has 0 aromatic heterocycles. The van der Waals surface area contributed by atoms with Crippen molar-refractivity contribution in [2.45, 2.75) is 30.2 Å². The number of amides is 2. The van der Waals surface area contributed by atoms with Crippen LogP contribution in [0, 0.1) is 0 Å². The Labute approximate surface area is 186 Å². The summed E-state index contributed by atoms with van der Waals surface area (Å²) < 4.78 is 31.8. The van der Waals surface area contributed by atoms with Gasteiger partial charge in [-0.25, -0.2) is 8.42 Å². The molecule has 2 N–H and O–H groups in total. The molecule has 2 amide bonds. The first-order chi connectivity index (χ1) is 15.4. The van der Waals surface area contributed by atoms with E-state index in [1.807, 2.05) is 0 Å². The number of rotatable bonds is 6. The standard InChI is InChI=1S/C22H24N4O5S/c1-31-16-10-8-15(9-11-16)24-22(28)18-6-4-14-26(18)20(27)12-13-23-21-17-5-2-3-7-19(17)32(29,30)25-21/h2-3,5,7-11,18H,4,6,12-14H2,1H3,(H,23,25)(H,24,28). The number of sulfonamides is 1. The second kappa shape index (κ2) is 8.99. The van der Waals surface area contributed by atoms with Gasteiger partial charge in [-0.3, -0.25) is 19.3 Å². The number of aliphatic imine (C=N–C) groups is 1. The summed E-state index contributed by atoms with van der Waals surface area (Å²) in [6, 6.07) is 13.0. The first-order valence-electron chi connectivity index (χ1n) is 10.3. The van der Waals surface area contributed by atoms with Crippen LogP contribution >= 0.6 is 0 Å². The first-order valence-corrected chi connectivity index (χ1v) is 11.8. The molecule has 10 heteroatoms. The van der Waals surface area contributed by atoms with E-state index in [1.54, 1.807) is 54.5 Å². The van der Waals surface area contributed by atoms with Crippen LogP contribution in [0.1, 0.15) is 24.8 Å². The van der Waals surface area contributed by atoms with Crippen LogP contribution in [0.4, 0.5) is 5.69 Å². The van der Waals surface area contributed by atoms with Gasteiger partial charge in [-0.1, -0.05) is 12.1 Å². The molecule has 0 radical (unpaired) electrons. The summed E-state index contributed by atoms with van der Waals surface area (Å²) in [5.41, 5.74) is 1.13. The van der Waals surface area contributed by atoms with Crippen molar-refractivity contribution in [3.8, 4) is 5.75 Å². The average Bonchev–Trinajstić information content (AvgIpc) is 3.38. The largest absolute Gasteiger partial charge is 0.497 e. The van der Waals surface area contributed by atoms with Crippen LogP contribution in [-0.4, -0.2) is 57.2 Å². The molecule has 2 aliphatic rings. The Bertz CT molecular complexity index is 1160. The number of fused-ring (bicyclic) bond motifs is 1. The molecule has 1 fully saturated rings. The van der Waals surface area contributed by atoms with Gasteiger partial charge < -0.3 is 15.0 Å². The fraction of sp³-hybridized carbons (Fsp3) is 0.318. The van der Waals surface area contributed by atoms with Crippen molar-refractivity contribution >= 4 is 33.4 Å². The Morgan fingerprint density at radius 1 is 1.19 bits per heavy atom. The smallest absolute Gasteiger partial charge is 0.263 e. The van der Waals surface area contributed by atoms with Crippen molar-refractivity contribution in [1.29, 1.82) is 0 Å². The molecule has 168 valence electrons. The summed E-state index contributed by atoms with van der Waals surface area (Å²) >= 11 is 0. The number of hydrogen-bond acceptors (Lipinski definition) is 6. The van der Waals surface area contributed by atoms with E-state index in [9.17, 15) is 18.0 Å². The molecule has 2 heterocycles. The highest BCUT2D eigenvalue weighted by molar-refractivity contribution is 7.90. The number of methoxy groups -OCH3 is 1. The fourth-order valence-corrected chi connectivity index (χ4v) is 5.15. The molecule has 1 saturated heterocycles. The number of nitrogens with one attached hydrogen (secondary N) is 2. The third-order valence-electron chi connectivity index (χ3n) is 5.49. The SMILES string of the molecule is COc1ccc(NC(=O)C2CCCN2C(=O)CCN=C2NS(=O)(=O)c3ccccc32)cc1. The summed E-state index contributed by atoms with van der Waals surface area (Å²) in [5.74, 6) is 0.513. The van der Waals surface area contributed by atoms with E-state index in [0.717, 1.165) is 6.42 Å². The molecule has 1 atom stereocenters. The number of likely N-dealkylation sites (tertiary alicyclic amines) is 1. The maximum atomic E-state index is 12.8. The minimum atomic E-state index is -3.61. The number of nitrogens with zero attached hydrogens (tertiary/aromatic N) is 2. The summed E-state index contributed by atoms with van der Waals surface area (Å²) in [6.07, 6.45) is 1.42. The zero-order valence-electron chi connectivity index (χ0n) is 17.6. The monoisotopic (exact) mass is 456 g/mol. The fourth-order valence-electron chi connectivity index (χ4n) is 3.90. The van der Waals surface area contributed by atoms with E-state index >= 15 is 0 Å². The predicted octanol–water partition coefficient (Wildman–Crippen LogP) is 1.75. The van der Waals surface area contributed by atoms with Crippen LogP contribution in [0.25, 0.3) is 0 Å². The Morgan fingerprint density at radius 3 is 2.69 bits per heavy atom.